The highest BCUT2D eigenvalue weighted by Crippen LogP contribution is 2.20. The highest BCUT2D eigenvalue weighted by Gasteiger charge is 2.33. The minimum Gasteiger partial charge on any atom is -0.393 e. The molecule has 140 valence electrons. The molecule has 24 heavy (non-hydrogen) atoms. The van der Waals surface area contributed by atoms with E-state index in [0.717, 1.165) is 0 Å². The molecule has 0 rings (SSSR count). The van der Waals surface area contributed by atoms with Gasteiger partial charge in [-0.25, -0.2) is 0 Å². The van der Waals surface area contributed by atoms with Crippen molar-refractivity contribution in [1.29, 1.82) is 0 Å². The molecule has 0 saturated carbocycles. The lowest BCUT2D eigenvalue weighted by Crippen LogP contribution is -2.46. The average Bonchev–Trinajstić information content (AvgIpc) is 2.49. The number of amides is 2. The number of aliphatic hydroxyl groups is 1. The van der Waals surface area contributed by atoms with E-state index in [0.29, 0.717) is 5.71 Å². The number of carbonyl (C=O) groups excluding carboxylic acids is 2. The lowest BCUT2D eigenvalue weighted by Gasteiger charge is -2.28. The number of ether oxygens (including phenoxy) is 1. The Kier molecular flexibility index (Phi) is 10.2. The molecule has 0 bridgehead atoms. The second-order valence-electron chi connectivity index (χ2n) is 6.62. The Morgan fingerprint density at radius 2 is 1.88 bits per heavy atom. The topological polar surface area (TPSA) is 109 Å². The second kappa shape index (κ2) is 11.0. The lowest BCUT2D eigenvalue weighted by atomic mass is 9.87. The molecule has 0 radical (unpaired) electrons. The smallest absolute Gasteiger partial charge is 0.249 e. The fraction of sp³-hybridized carbons (Fsp3) is 0.812. The molecule has 8 heteroatoms. The van der Waals surface area contributed by atoms with Crippen molar-refractivity contribution >= 4 is 17.5 Å². The number of hydrogen-bond donors (Lipinski definition) is 3. The first-order chi connectivity index (χ1) is 11.1. The zero-order chi connectivity index (χ0) is 18.8. The summed E-state index contributed by atoms with van der Waals surface area (Å²) in [5.74, 6) is -0.743. The third kappa shape index (κ3) is 9.46. The average molecular weight is 345 g/mol. The van der Waals surface area contributed by atoms with E-state index >= 15 is 0 Å². The summed E-state index contributed by atoms with van der Waals surface area (Å²) in [6.07, 6.45) is -1.11. The minimum atomic E-state index is -1.21. The standard InChI is InChI=1S/C16H31N3O5/c1-11(2)24-19-12(3)9-18-13(20)7-8-17-15(22)14(21)16(4,5)10-23-6/h11,14,21H,7-10H2,1-6H3,(H,17,22)(H,18,20)/b19-12+. The van der Waals surface area contributed by atoms with Gasteiger partial charge in [0.25, 0.3) is 0 Å². The van der Waals surface area contributed by atoms with E-state index in [9.17, 15) is 14.7 Å². The van der Waals surface area contributed by atoms with Crippen molar-refractivity contribution in [2.75, 3.05) is 26.8 Å². The molecular formula is C16H31N3O5. The van der Waals surface area contributed by atoms with Crippen LogP contribution in [0.4, 0.5) is 0 Å². The van der Waals surface area contributed by atoms with Gasteiger partial charge in [-0.05, 0) is 20.8 Å². The van der Waals surface area contributed by atoms with Gasteiger partial charge in [0.2, 0.25) is 11.8 Å². The summed E-state index contributed by atoms with van der Waals surface area (Å²) < 4.78 is 4.98. The van der Waals surface area contributed by atoms with E-state index in [1.165, 1.54) is 7.11 Å². The van der Waals surface area contributed by atoms with Crippen molar-refractivity contribution in [1.82, 2.24) is 10.6 Å². The zero-order valence-electron chi connectivity index (χ0n) is 15.5. The largest absolute Gasteiger partial charge is 0.393 e. The van der Waals surface area contributed by atoms with Crippen LogP contribution in [0, 0.1) is 5.41 Å². The van der Waals surface area contributed by atoms with E-state index in [4.69, 9.17) is 9.57 Å². The van der Waals surface area contributed by atoms with Gasteiger partial charge in [-0.1, -0.05) is 19.0 Å². The van der Waals surface area contributed by atoms with Crippen LogP contribution in [0.3, 0.4) is 0 Å². The Hall–Kier alpha value is -1.67. The van der Waals surface area contributed by atoms with E-state index in [1.807, 2.05) is 13.8 Å². The molecule has 0 aromatic rings. The molecule has 0 aromatic carbocycles. The molecule has 8 nitrogen and oxygen atoms in total. The van der Waals surface area contributed by atoms with Gasteiger partial charge < -0.3 is 25.3 Å². The first kappa shape index (κ1) is 22.3. The van der Waals surface area contributed by atoms with Crippen molar-refractivity contribution in [3.8, 4) is 0 Å². The van der Waals surface area contributed by atoms with Crippen molar-refractivity contribution < 1.29 is 24.3 Å². The predicted molar refractivity (Wildman–Crippen MR) is 91.6 cm³/mol. The van der Waals surface area contributed by atoms with Gasteiger partial charge in [-0.3, -0.25) is 9.59 Å². The monoisotopic (exact) mass is 345 g/mol. The van der Waals surface area contributed by atoms with Gasteiger partial charge in [-0.2, -0.15) is 0 Å². The van der Waals surface area contributed by atoms with E-state index in [1.54, 1.807) is 20.8 Å². The summed E-state index contributed by atoms with van der Waals surface area (Å²) in [5.41, 5.74) is -0.0525. The highest BCUT2D eigenvalue weighted by molar-refractivity contribution is 5.88. The van der Waals surface area contributed by atoms with Crippen LogP contribution in [0.5, 0.6) is 0 Å². The van der Waals surface area contributed by atoms with E-state index in [-0.39, 0.29) is 38.1 Å². The maximum Gasteiger partial charge on any atom is 0.249 e. The molecule has 0 aromatic heterocycles. The van der Waals surface area contributed by atoms with E-state index in [2.05, 4.69) is 15.8 Å². The molecule has 0 heterocycles. The summed E-state index contributed by atoms with van der Waals surface area (Å²) in [5, 5.41) is 19.1. The van der Waals surface area contributed by atoms with Crippen LogP contribution < -0.4 is 10.6 Å². The summed E-state index contributed by atoms with van der Waals surface area (Å²) in [4.78, 5) is 28.6. The number of oxime groups is 1. The Labute approximate surface area is 144 Å². The molecular weight excluding hydrogens is 314 g/mol. The molecule has 0 aliphatic heterocycles. The molecule has 2 amide bonds. The zero-order valence-corrected chi connectivity index (χ0v) is 15.5. The Morgan fingerprint density at radius 1 is 1.25 bits per heavy atom. The van der Waals surface area contributed by atoms with Crippen LogP contribution in [0.15, 0.2) is 5.16 Å². The van der Waals surface area contributed by atoms with Gasteiger partial charge in [0, 0.05) is 25.5 Å². The molecule has 1 atom stereocenters. The first-order valence-electron chi connectivity index (χ1n) is 8.01. The van der Waals surface area contributed by atoms with Gasteiger partial charge >= 0.3 is 0 Å². The molecule has 1 unspecified atom stereocenters. The normalized spacial score (nSPS) is 13.6. The SMILES string of the molecule is COCC(C)(C)C(O)C(=O)NCCC(=O)NC/C(C)=N/OC(C)C. The predicted octanol–water partition coefficient (Wildman–Crippen LogP) is 0.443. The number of nitrogens with zero attached hydrogens (tertiary/aromatic N) is 1. The van der Waals surface area contributed by atoms with Crippen molar-refractivity contribution in [3.63, 3.8) is 0 Å². The maximum absolute atomic E-state index is 11.9. The number of hydrogen-bond acceptors (Lipinski definition) is 6. The Bertz CT molecular complexity index is 435. The summed E-state index contributed by atoms with van der Waals surface area (Å²) >= 11 is 0. The third-order valence-electron chi connectivity index (χ3n) is 3.12. The van der Waals surface area contributed by atoms with Crippen LogP contribution in [0.2, 0.25) is 0 Å². The summed E-state index contributed by atoms with van der Waals surface area (Å²) in [7, 11) is 1.51. The Balaban J connectivity index is 4.08. The van der Waals surface area contributed by atoms with Crippen LogP contribution in [-0.4, -0.2) is 61.6 Å². The maximum atomic E-state index is 11.9. The summed E-state index contributed by atoms with van der Waals surface area (Å²) in [6.45, 7) is 9.61. The quantitative estimate of drug-likeness (QED) is 0.372. The fourth-order valence-electron chi connectivity index (χ4n) is 1.74. The van der Waals surface area contributed by atoms with Gasteiger partial charge in [0.15, 0.2) is 0 Å². The molecule has 0 saturated heterocycles. The lowest BCUT2D eigenvalue weighted by molar-refractivity contribution is -0.137. The van der Waals surface area contributed by atoms with Crippen molar-refractivity contribution in [2.45, 2.75) is 53.2 Å². The van der Waals surface area contributed by atoms with Crippen LogP contribution in [0.1, 0.15) is 41.0 Å². The minimum absolute atomic E-state index is 0.0142. The summed E-state index contributed by atoms with van der Waals surface area (Å²) in [6, 6.07) is 0. The van der Waals surface area contributed by atoms with Gasteiger partial charge in [0.05, 0.1) is 18.9 Å². The number of methoxy groups -OCH3 is 1. The molecule has 0 spiro atoms. The molecule has 0 aliphatic carbocycles. The van der Waals surface area contributed by atoms with E-state index < -0.39 is 17.4 Å². The number of nitrogens with one attached hydrogen (secondary N) is 2. The molecule has 0 aliphatic rings. The second-order valence-corrected chi connectivity index (χ2v) is 6.62. The fourth-order valence-corrected chi connectivity index (χ4v) is 1.74. The van der Waals surface area contributed by atoms with Gasteiger partial charge in [0.1, 0.15) is 12.2 Å². The van der Waals surface area contributed by atoms with Crippen LogP contribution >= 0.6 is 0 Å². The number of aliphatic hydroxyl groups excluding tert-OH is 1. The Morgan fingerprint density at radius 3 is 2.42 bits per heavy atom. The third-order valence-corrected chi connectivity index (χ3v) is 3.12. The van der Waals surface area contributed by atoms with Crippen LogP contribution in [0.25, 0.3) is 0 Å². The van der Waals surface area contributed by atoms with Crippen LogP contribution in [-0.2, 0) is 19.2 Å². The highest BCUT2D eigenvalue weighted by atomic mass is 16.6. The first-order valence-corrected chi connectivity index (χ1v) is 8.01. The molecule has 3 N–H and O–H groups in total. The van der Waals surface area contributed by atoms with Crippen molar-refractivity contribution in [3.05, 3.63) is 0 Å². The van der Waals surface area contributed by atoms with Crippen molar-refractivity contribution in [2.24, 2.45) is 10.6 Å². The van der Waals surface area contributed by atoms with Gasteiger partial charge in [-0.15, -0.1) is 0 Å². The number of rotatable bonds is 11. The molecule has 0 fully saturated rings. The number of carbonyl (C=O) groups is 2.